The molecule has 1 aliphatic heterocycles. The zero-order valence-corrected chi connectivity index (χ0v) is 8.60. The lowest BCUT2D eigenvalue weighted by molar-refractivity contribution is 0.0516. The van der Waals surface area contributed by atoms with Crippen LogP contribution in [-0.2, 0) is 0 Å². The maximum Gasteiger partial charge on any atom is 0.123 e. The summed E-state index contributed by atoms with van der Waals surface area (Å²) in [5.74, 6) is 1.58. The summed E-state index contributed by atoms with van der Waals surface area (Å²) in [5.41, 5.74) is 1.14. The fourth-order valence-corrected chi connectivity index (χ4v) is 2.18. The molecule has 0 fully saturated rings. The van der Waals surface area contributed by atoms with Gasteiger partial charge in [0, 0.05) is 11.5 Å². The van der Waals surface area contributed by atoms with Crippen LogP contribution in [0.25, 0.3) is 0 Å². The average Bonchev–Trinajstić information content (AvgIpc) is 2.17. The molecule has 0 saturated carbocycles. The topological polar surface area (TPSA) is 29.5 Å². The van der Waals surface area contributed by atoms with Crippen molar-refractivity contribution >= 4 is 0 Å². The molecule has 0 amide bonds. The van der Waals surface area contributed by atoms with Crippen molar-refractivity contribution < 1.29 is 9.84 Å². The largest absolute Gasteiger partial charge is 0.491 e. The van der Waals surface area contributed by atoms with Gasteiger partial charge in [0.1, 0.15) is 12.4 Å². The van der Waals surface area contributed by atoms with E-state index in [2.05, 4.69) is 13.8 Å². The third-order valence-corrected chi connectivity index (χ3v) is 2.82. The maximum absolute atomic E-state index is 9.86. The summed E-state index contributed by atoms with van der Waals surface area (Å²) in [7, 11) is 0. The van der Waals surface area contributed by atoms with Crippen LogP contribution >= 0.6 is 0 Å². The van der Waals surface area contributed by atoms with Crippen molar-refractivity contribution in [1.82, 2.24) is 0 Å². The van der Waals surface area contributed by atoms with Crippen LogP contribution in [0.15, 0.2) is 24.3 Å². The van der Waals surface area contributed by atoms with Crippen LogP contribution in [-0.4, -0.2) is 17.8 Å². The smallest absolute Gasteiger partial charge is 0.123 e. The minimum atomic E-state index is -0.370. The Morgan fingerprint density at radius 2 is 2.07 bits per heavy atom. The molecule has 0 aromatic heterocycles. The van der Waals surface area contributed by atoms with Gasteiger partial charge in [-0.25, -0.2) is 0 Å². The highest BCUT2D eigenvalue weighted by atomic mass is 16.5. The van der Waals surface area contributed by atoms with E-state index in [0.717, 1.165) is 11.3 Å². The number of benzene rings is 1. The number of para-hydroxylation sites is 1. The first-order chi connectivity index (χ1) is 6.70. The third kappa shape index (κ3) is 1.50. The number of aliphatic hydroxyl groups excluding tert-OH is 1. The predicted octanol–water partition coefficient (Wildman–Crippen LogP) is 2.18. The average molecular weight is 192 g/mol. The number of hydrogen-bond donors (Lipinski definition) is 1. The summed E-state index contributed by atoms with van der Waals surface area (Å²) in [6.07, 6.45) is -0.370. The van der Waals surface area contributed by atoms with E-state index in [-0.39, 0.29) is 12.0 Å². The molecule has 0 bridgehead atoms. The Morgan fingerprint density at radius 3 is 2.79 bits per heavy atom. The Hall–Kier alpha value is -1.02. The Labute approximate surface area is 84.5 Å². The Morgan fingerprint density at radius 1 is 1.36 bits per heavy atom. The standard InChI is InChI=1S/C12H16O2/c1-8(2)12-9-5-3-4-6-11(9)14-7-10(12)13/h3-6,8,10,12-13H,7H2,1-2H3/t10-,12-/m1/s1. The summed E-state index contributed by atoms with van der Waals surface area (Å²) in [4.78, 5) is 0. The van der Waals surface area contributed by atoms with E-state index < -0.39 is 0 Å². The molecule has 1 heterocycles. The monoisotopic (exact) mass is 192 g/mol. The SMILES string of the molecule is CC(C)[C@@H]1c2ccccc2OC[C@H]1O. The van der Waals surface area contributed by atoms with E-state index in [4.69, 9.17) is 4.74 Å². The molecule has 0 spiro atoms. The van der Waals surface area contributed by atoms with Gasteiger partial charge >= 0.3 is 0 Å². The molecule has 1 aromatic carbocycles. The molecule has 0 unspecified atom stereocenters. The van der Waals surface area contributed by atoms with Crippen LogP contribution in [0.1, 0.15) is 25.3 Å². The summed E-state index contributed by atoms with van der Waals surface area (Å²) in [6, 6.07) is 7.97. The van der Waals surface area contributed by atoms with Gasteiger partial charge in [-0.15, -0.1) is 0 Å². The second-order valence-electron chi connectivity index (χ2n) is 4.19. The first-order valence-electron chi connectivity index (χ1n) is 5.10. The first-order valence-corrected chi connectivity index (χ1v) is 5.10. The van der Waals surface area contributed by atoms with Crippen LogP contribution in [0.4, 0.5) is 0 Å². The van der Waals surface area contributed by atoms with Crippen molar-refractivity contribution in [3.05, 3.63) is 29.8 Å². The highest BCUT2D eigenvalue weighted by Crippen LogP contribution is 2.37. The lowest BCUT2D eigenvalue weighted by Gasteiger charge is -2.32. The molecule has 2 rings (SSSR count). The number of ether oxygens (including phenoxy) is 1. The maximum atomic E-state index is 9.86. The number of aliphatic hydroxyl groups is 1. The van der Waals surface area contributed by atoms with Crippen molar-refractivity contribution in [2.24, 2.45) is 5.92 Å². The van der Waals surface area contributed by atoms with Gasteiger partial charge in [-0.05, 0) is 12.0 Å². The number of rotatable bonds is 1. The van der Waals surface area contributed by atoms with Gasteiger partial charge in [-0.2, -0.15) is 0 Å². The quantitative estimate of drug-likeness (QED) is 0.739. The van der Waals surface area contributed by atoms with Gasteiger partial charge in [0.15, 0.2) is 0 Å². The Bertz CT molecular complexity index is 320. The molecule has 0 saturated heterocycles. The van der Waals surface area contributed by atoms with E-state index in [1.54, 1.807) is 0 Å². The van der Waals surface area contributed by atoms with Crippen molar-refractivity contribution in [2.75, 3.05) is 6.61 Å². The highest BCUT2D eigenvalue weighted by molar-refractivity contribution is 5.39. The molecule has 1 aromatic rings. The molecule has 14 heavy (non-hydrogen) atoms. The van der Waals surface area contributed by atoms with Gasteiger partial charge in [-0.3, -0.25) is 0 Å². The summed E-state index contributed by atoms with van der Waals surface area (Å²) in [6.45, 7) is 4.69. The summed E-state index contributed by atoms with van der Waals surface area (Å²) in [5, 5.41) is 9.86. The van der Waals surface area contributed by atoms with E-state index in [0.29, 0.717) is 12.5 Å². The highest BCUT2D eigenvalue weighted by Gasteiger charge is 2.31. The molecule has 1 N–H and O–H groups in total. The zero-order valence-electron chi connectivity index (χ0n) is 8.60. The third-order valence-electron chi connectivity index (χ3n) is 2.82. The Kier molecular flexibility index (Phi) is 2.46. The summed E-state index contributed by atoms with van der Waals surface area (Å²) >= 11 is 0. The van der Waals surface area contributed by atoms with Crippen molar-refractivity contribution in [3.63, 3.8) is 0 Å². The first kappa shape index (κ1) is 9.53. The second-order valence-corrected chi connectivity index (χ2v) is 4.19. The lowest BCUT2D eigenvalue weighted by Crippen LogP contribution is -2.33. The summed E-state index contributed by atoms with van der Waals surface area (Å²) < 4.78 is 5.47. The van der Waals surface area contributed by atoms with Crippen molar-refractivity contribution in [3.8, 4) is 5.75 Å². The second kappa shape index (κ2) is 3.62. The predicted molar refractivity (Wildman–Crippen MR) is 55.5 cm³/mol. The van der Waals surface area contributed by atoms with Crippen molar-refractivity contribution in [2.45, 2.75) is 25.9 Å². The molecule has 2 heteroatoms. The van der Waals surface area contributed by atoms with Crippen LogP contribution < -0.4 is 4.74 Å². The van der Waals surface area contributed by atoms with Gasteiger partial charge < -0.3 is 9.84 Å². The molecule has 2 atom stereocenters. The molecule has 1 aliphatic rings. The van der Waals surface area contributed by atoms with Crippen LogP contribution in [0, 0.1) is 5.92 Å². The minimum Gasteiger partial charge on any atom is -0.491 e. The minimum absolute atomic E-state index is 0.208. The van der Waals surface area contributed by atoms with E-state index in [1.165, 1.54) is 0 Å². The molecule has 2 nitrogen and oxygen atoms in total. The normalized spacial score (nSPS) is 25.7. The van der Waals surface area contributed by atoms with Crippen LogP contribution in [0.5, 0.6) is 5.75 Å². The van der Waals surface area contributed by atoms with Gasteiger partial charge in [0.05, 0.1) is 6.10 Å². The lowest BCUT2D eigenvalue weighted by atomic mass is 9.82. The Balaban J connectivity index is 2.41. The molecule has 76 valence electrons. The van der Waals surface area contributed by atoms with E-state index >= 15 is 0 Å². The molecule has 0 aliphatic carbocycles. The fraction of sp³-hybridized carbons (Fsp3) is 0.500. The van der Waals surface area contributed by atoms with Crippen LogP contribution in [0.3, 0.4) is 0 Å². The molecular weight excluding hydrogens is 176 g/mol. The van der Waals surface area contributed by atoms with Gasteiger partial charge in [-0.1, -0.05) is 32.0 Å². The number of fused-ring (bicyclic) bond motifs is 1. The van der Waals surface area contributed by atoms with Gasteiger partial charge in [0.25, 0.3) is 0 Å². The fourth-order valence-electron chi connectivity index (χ4n) is 2.18. The van der Waals surface area contributed by atoms with E-state index in [9.17, 15) is 5.11 Å². The molecular formula is C12H16O2. The number of hydrogen-bond acceptors (Lipinski definition) is 2. The van der Waals surface area contributed by atoms with E-state index in [1.807, 2.05) is 24.3 Å². The van der Waals surface area contributed by atoms with Crippen LogP contribution in [0.2, 0.25) is 0 Å². The van der Waals surface area contributed by atoms with Crippen molar-refractivity contribution in [1.29, 1.82) is 0 Å². The van der Waals surface area contributed by atoms with Gasteiger partial charge in [0.2, 0.25) is 0 Å². The zero-order chi connectivity index (χ0) is 10.1. The molecule has 0 radical (unpaired) electrons.